The lowest BCUT2D eigenvalue weighted by Crippen LogP contribution is -2.44. The Balaban J connectivity index is 1.37. The molecule has 2 N–H and O–H groups in total. The number of methoxy groups -OCH3 is 1. The van der Waals surface area contributed by atoms with Crippen LogP contribution in [0.25, 0.3) is 0 Å². The lowest BCUT2D eigenvalue weighted by atomic mass is 10.1. The summed E-state index contributed by atoms with van der Waals surface area (Å²) in [5.74, 6) is 2.00. The minimum absolute atomic E-state index is 0.00378. The maximum Gasteiger partial charge on any atom is 0.242 e. The second kappa shape index (κ2) is 10.3. The first-order valence-corrected chi connectivity index (χ1v) is 11.0. The number of carbonyl (C=O) groups excluding carboxylic acids is 1. The van der Waals surface area contributed by atoms with Gasteiger partial charge in [0.15, 0.2) is 0 Å². The molecule has 3 aromatic rings. The summed E-state index contributed by atoms with van der Waals surface area (Å²) in [7, 11) is 1.65. The molecule has 8 heteroatoms. The topological polar surface area (TPSA) is 79.4 Å². The van der Waals surface area contributed by atoms with E-state index in [-0.39, 0.29) is 11.9 Å². The van der Waals surface area contributed by atoms with Crippen LogP contribution in [0.2, 0.25) is 5.02 Å². The maximum atomic E-state index is 12.9. The molecule has 7 nitrogen and oxygen atoms in total. The Morgan fingerprint density at radius 3 is 2.78 bits per heavy atom. The van der Waals surface area contributed by atoms with Crippen molar-refractivity contribution in [3.63, 3.8) is 0 Å². The third-order valence-electron chi connectivity index (χ3n) is 5.46. The minimum Gasteiger partial charge on any atom is -0.497 e. The van der Waals surface area contributed by atoms with Crippen molar-refractivity contribution in [2.24, 2.45) is 0 Å². The third kappa shape index (κ3) is 5.29. The highest BCUT2D eigenvalue weighted by Gasteiger charge is 2.32. The summed E-state index contributed by atoms with van der Waals surface area (Å²) >= 11 is 6.24. The molecular formula is C24H26ClN5O2. The average molecular weight is 452 g/mol. The van der Waals surface area contributed by atoms with Crippen molar-refractivity contribution < 1.29 is 9.53 Å². The predicted octanol–water partition coefficient (Wildman–Crippen LogP) is 4.21. The first-order chi connectivity index (χ1) is 15.6. The van der Waals surface area contributed by atoms with Crippen molar-refractivity contribution in [2.75, 3.05) is 30.4 Å². The number of para-hydroxylation sites is 1. The Hall–Kier alpha value is -3.32. The van der Waals surface area contributed by atoms with Gasteiger partial charge in [-0.3, -0.25) is 4.79 Å². The summed E-state index contributed by atoms with van der Waals surface area (Å²) in [5.41, 5.74) is 1.92. The van der Waals surface area contributed by atoms with E-state index in [0.29, 0.717) is 23.3 Å². The molecule has 0 unspecified atom stereocenters. The number of anilines is 3. The molecule has 1 amide bonds. The van der Waals surface area contributed by atoms with Crippen LogP contribution in [-0.4, -0.2) is 42.1 Å². The zero-order valence-electron chi connectivity index (χ0n) is 17.9. The van der Waals surface area contributed by atoms with Crippen LogP contribution in [0.1, 0.15) is 18.4 Å². The van der Waals surface area contributed by atoms with Crippen LogP contribution in [0, 0.1) is 0 Å². The zero-order chi connectivity index (χ0) is 22.3. The van der Waals surface area contributed by atoms with Crippen LogP contribution in [0.15, 0.2) is 60.8 Å². The molecule has 0 radical (unpaired) electrons. The van der Waals surface area contributed by atoms with Crippen LogP contribution in [0.5, 0.6) is 5.75 Å². The van der Waals surface area contributed by atoms with Crippen LogP contribution >= 0.6 is 11.6 Å². The van der Waals surface area contributed by atoms with Crippen molar-refractivity contribution in [2.45, 2.75) is 25.3 Å². The number of hydrogen-bond acceptors (Lipinski definition) is 6. The van der Waals surface area contributed by atoms with E-state index in [2.05, 4.69) is 20.6 Å². The molecule has 0 aliphatic carbocycles. The molecule has 4 rings (SSSR count). The van der Waals surface area contributed by atoms with Gasteiger partial charge in [0.25, 0.3) is 0 Å². The van der Waals surface area contributed by atoms with E-state index in [4.69, 9.17) is 16.3 Å². The van der Waals surface area contributed by atoms with E-state index < -0.39 is 0 Å². The fraction of sp³-hybridized carbons (Fsp3) is 0.292. The molecule has 1 aromatic heterocycles. The first-order valence-electron chi connectivity index (χ1n) is 10.7. The Morgan fingerprint density at radius 1 is 1.19 bits per heavy atom. The van der Waals surface area contributed by atoms with E-state index in [1.165, 1.54) is 0 Å². The van der Waals surface area contributed by atoms with Crippen molar-refractivity contribution in [1.29, 1.82) is 0 Å². The minimum atomic E-state index is -0.276. The number of nitrogens with one attached hydrogen (secondary N) is 2. The van der Waals surface area contributed by atoms with E-state index in [1.54, 1.807) is 19.4 Å². The van der Waals surface area contributed by atoms with Crippen LogP contribution < -0.4 is 20.3 Å². The number of aromatic nitrogens is 2. The molecule has 2 heterocycles. The molecule has 0 saturated carbocycles. The van der Waals surface area contributed by atoms with Gasteiger partial charge in [-0.25, -0.2) is 4.98 Å². The summed E-state index contributed by atoms with van der Waals surface area (Å²) in [6.45, 7) is 1.32. The van der Waals surface area contributed by atoms with Crippen molar-refractivity contribution in [1.82, 2.24) is 15.3 Å². The molecule has 1 aliphatic rings. The van der Waals surface area contributed by atoms with Gasteiger partial charge < -0.3 is 20.3 Å². The number of hydrogen-bond donors (Lipinski definition) is 2. The largest absolute Gasteiger partial charge is 0.497 e. The molecule has 1 aliphatic heterocycles. The van der Waals surface area contributed by atoms with E-state index in [9.17, 15) is 4.79 Å². The third-order valence-corrected chi connectivity index (χ3v) is 5.79. The van der Waals surface area contributed by atoms with Gasteiger partial charge >= 0.3 is 0 Å². The quantitative estimate of drug-likeness (QED) is 0.534. The van der Waals surface area contributed by atoms with Crippen LogP contribution in [-0.2, 0) is 11.2 Å². The molecule has 2 aromatic carbocycles. The van der Waals surface area contributed by atoms with E-state index in [1.807, 2.05) is 53.4 Å². The molecular weight excluding hydrogens is 426 g/mol. The molecule has 166 valence electrons. The van der Waals surface area contributed by atoms with Gasteiger partial charge in [0.2, 0.25) is 11.9 Å². The SMILES string of the molecule is COc1ccc(CCNC(=O)[C@@H]2CCCN2c2nccc(Nc3ccccc3Cl)n2)cc1. The van der Waals surface area contributed by atoms with Crippen molar-refractivity contribution in [3.05, 3.63) is 71.4 Å². The van der Waals surface area contributed by atoms with Crippen LogP contribution in [0.4, 0.5) is 17.5 Å². The lowest BCUT2D eigenvalue weighted by molar-refractivity contribution is -0.122. The Labute approximate surface area is 192 Å². The van der Waals surface area contributed by atoms with Gasteiger partial charge in [-0.2, -0.15) is 4.98 Å². The average Bonchev–Trinajstić information content (AvgIpc) is 3.31. The molecule has 1 atom stereocenters. The number of amides is 1. The Bertz CT molecular complexity index is 1060. The monoisotopic (exact) mass is 451 g/mol. The lowest BCUT2D eigenvalue weighted by Gasteiger charge is -2.24. The second-order valence-electron chi connectivity index (χ2n) is 7.59. The smallest absolute Gasteiger partial charge is 0.242 e. The molecule has 0 bridgehead atoms. The van der Waals surface area contributed by atoms with Gasteiger partial charge in [0.05, 0.1) is 17.8 Å². The first kappa shape index (κ1) is 21.9. The van der Waals surface area contributed by atoms with Gasteiger partial charge in [-0.05, 0) is 55.2 Å². The normalized spacial score (nSPS) is 15.4. The van der Waals surface area contributed by atoms with E-state index >= 15 is 0 Å². The van der Waals surface area contributed by atoms with Crippen molar-refractivity contribution in [3.8, 4) is 5.75 Å². The summed E-state index contributed by atoms with van der Waals surface area (Å²) in [4.78, 5) is 23.9. The fourth-order valence-corrected chi connectivity index (χ4v) is 3.96. The van der Waals surface area contributed by atoms with Gasteiger partial charge in [-0.1, -0.05) is 35.9 Å². The molecule has 0 spiro atoms. The fourth-order valence-electron chi connectivity index (χ4n) is 3.78. The zero-order valence-corrected chi connectivity index (χ0v) is 18.7. The summed E-state index contributed by atoms with van der Waals surface area (Å²) in [6.07, 6.45) is 4.15. The van der Waals surface area contributed by atoms with Gasteiger partial charge in [-0.15, -0.1) is 0 Å². The van der Waals surface area contributed by atoms with Crippen molar-refractivity contribution >= 4 is 35.0 Å². The number of nitrogens with zero attached hydrogens (tertiary/aromatic N) is 3. The number of benzene rings is 2. The molecule has 1 saturated heterocycles. The van der Waals surface area contributed by atoms with Gasteiger partial charge in [0, 0.05) is 19.3 Å². The second-order valence-corrected chi connectivity index (χ2v) is 7.99. The number of rotatable bonds is 8. The summed E-state index contributed by atoms with van der Waals surface area (Å²) < 4.78 is 5.18. The van der Waals surface area contributed by atoms with Gasteiger partial charge in [0.1, 0.15) is 17.6 Å². The summed E-state index contributed by atoms with van der Waals surface area (Å²) in [5, 5.41) is 6.90. The number of halogens is 1. The molecule has 1 fully saturated rings. The Kier molecular flexibility index (Phi) is 7.07. The highest BCUT2D eigenvalue weighted by molar-refractivity contribution is 6.33. The number of ether oxygens (including phenoxy) is 1. The predicted molar refractivity (Wildman–Crippen MR) is 127 cm³/mol. The summed E-state index contributed by atoms with van der Waals surface area (Å²) in [6, 6.07) is 16.9. The maximum absolute atomic E-state index is 12.9. The highest BCUT2D eigenvalue weighted by Crippen LogP contribution is 2.27. The van der Waals surface area contributed by atoms with Crippen LogP contribution in [0.3, 0.4) is 0 Å². The standard InChI is InChI=1S/C24H26ClN5O2/c1-32-18-10-8-17(9-11-18)12-14-26-23(31)21-7-4-16-30(21)24-27-15-13-22(29-24)28-20-6-3-2-5-19(20)25/h2-3,5-6,8-11,13,15,21H,4,7,12,14,16H2,1H3,(H,26,31)(H,27,28,29)/t21-/m0/s1. The van der Waals surface area contributed by atoms with E-state index in [0.717, 1.165) is 42.8 Å². The highest BCUT2D eigenvalue weighted by atomic mass is 35.5. The molecule has 32 heavy (non-hydrogen) atoms. The Morgan fingerprint density at radius 2 is 2.00 bits per heavy atom. The number of carbonyl (C=O) groups is 1.